The number of ether oxygens (including phenoxy) is 1. The Balaban J connectivity index is 2.59. The van der Waals surface area contributed by atoms with E-state index in [1.807, 2.05) is 6.07 Å². The fourth-order valence-electron chi connectivity index (χ4n) is 2.80. The lowest BCUT2D eigenvalue weighted by Crippen LogP contribution is -2.38. The molecule has 2 rings (SSSR count). The van der Waals surface area contributed by atoms with Crippen LogP contribution in [0.25, 0.3) is 0 Å². The van der Waals surface area contributed by atoms with Gasteiger partial charge in [-0.25, -0.2) is 8.42 Å². The second kappa shape index (κ2) is 5.66. The molecule has 1 aliphatic rings. The van der Waals surface area contributed by atoms with Crippen molar-refractivity contribution in [2.75, 3.05) is 13.4 Å². The molecule has 4 nitrogen and oxygen atoms in total. The lowest BCUT2D eigenvalue weighted by Gasteiger charge is -2.34. The average Bonchev–Trinajstić information content (AvgIpc) is 2.37. The Labute approximate surface area is 128 Å². The molecule has 0 saturated heterocycles. The number of benzene rings is 1. The van der Waals surface area contributed by atoms with Gasteiger partial charge in [-0.15, -0.1) is 0 Å². The van der Waals surface area contributed by atoms with Crippen molar-refractivity contribution in [3.63, 3.8) is 0 Å². The Morgan fingerprint density at radius 2 is 1.85 bits per heavy atom. The molecule has 1 aromatic carbocycles. The lowest BCUT2D eigenvalue weighted by molar-refractivity contribution is 0.301. The van der Waals surface area contributed by atoms with Gasteiger partial charge in [0.15, 0.2) is 15.6 Å². The van der Waals surface area contributed by atoms with E-state index in [-0.39, 0.29) is 4.90 Å². The van der Waals surface area contributed by atoms with Crippen LogP contribution in [0.4, 0.5) is 0 Å². The van der Waals surface area contributed by atoms with Crippen molar-refractivity contribution in [3.8, 4) is 5.75 Å². The van der Waals surface area contributed by atoms with Gasteiger partial charge in [0.2, 0.25) is 0 Å². The summed E-state index contributed by atoms with van der Waals surface area (Å²) < 4.78 is 29.8. The first kappa shape index (κ1) is 15.8. The number of sulfone groups is 1. The van der Waals surface area contributed by atoms with Gasteiger partial charge in [0.25, 0.3) is 0 Å². The Kier molecular flexibility index (Phi) is 4.47. The first-order chi connectivity index (χ1) is 9.28. The summed E-state index contributed by atoms with van der Waals surface area (Å²) in [5, 5.41) is 0. The first-order valence-corrected chi connectivity index (χ1v) is 9.33. The lowest BCUT2D eigenvalue weighted by atomic mass is 9.77. The Bertz CT molecular complexity index is 607. The van der Waals surface area contributed by atoms with Crippen LogP contribution >= 0.6 is 15.9 Å². The summed E-state index contributed by atoms with van der Waals surface area (Å²) in [6, 6.07) is 3.56. The molecule has 1 aromatic rings. The van der Waals surface area contributed by atoms with Crippen molar-refractivity contribution in [2.45, 2.75) is 42.5 Å². The highest BCUT2D eigenvalue weighted by Gasteiger charge is 2.32. The van der Waals surface area contributed by atoms with Crippen LogP contribution in [0.1, 0.15) is 37.7 Å². The van der Waals surface area contributed by atoms with Gasteiger partial charge in [-0.3, -0.25) is 0 Å². The predicted molar refractivity (Wildman–Crippen MR) is 82.8 cm³/mol. The van der Waals surface area contributed by atoms with Gasteiger partial charge in [0, 0.05) is 11.8 Å². The van der Waals surface area contributed by atoms with Crippen LogP contribution in [0.15, 0.2) is 21.5 Å². The van der Waals surface area contributed by atoms with Gasteiger partial charge in [-0.05, 0) is 46.5 Å². The van der Waals surface area contributed by atoms with Crippen LogP contribution in [0.3, 0.4) is 0 Å². The molecule has 0 radical (unpaired) electrons. The van der Waals surface area contributed by atoms with Crippen molar-refractivity contribution in [1.29, 1.82) is 0 Å². The molecule has 112 valence electrons. The monoisotopic (exact) mass is 361 g/mol. The first-order valence-electron chi connectivity index (χ1n) is 6.65. The van der Waals surface area contributed by atoms with Crippen LogP contribution in [-0.2, 0) is 15.4 Å². The predicted octanol–water partition coefficient (Wildman–Crippen LogP) is 2.98. The van der Waals surface area contributed by atoms with Crippen molar-refractivity contribution in [2.24, 2.45) is 5.73 Å². The van der Waals surface area contributed by atoms with E-state index in [2.05, 4.69) is 15.9 Å². The molecule has 0 unspecified atom stereocenters. The zero-order valence-corrected chi connectivity index (χ0v) is 14.2. The molecule has 2 N–H and O–H groups in total. The number of rotatable bonds is 3. The molecule has 0 aromatic heterocycles. The minimum Gasteiger partial charge on any atom is -0.494 e. The highest BCUT2D eigenvalue weighted by atomic mass is 79.9. The molecule has 0 spiro atoms. The van der Waals surface area contributed by atoms with E-state index in [9.17, 15) is 8.42 Å². The third kappa shape index (κ3) is 3.02. The largest absolute Gasteiger partial charge is 0.494 e. The minimum absolute atomic E-state index is 0.194. The third-order valence-corrected chi connectivity index (χ3v) is 5.63. The third-order valence-electron chi connectivity index (χ3n) is 3.93. The van der Waals surface area contributed by atoms with Crippen molar-refractivity contribution in [1.82, 2.24) is 0 Å². The maximum atomic E-state index is 12.0. The molecule has 1 fully saturated rings. The number of hydrogen-bond donors (Lipinski definition) is 1. The smallest absolute Gasteiger partial charge is 0.179 e. The maximum Gasteiger partial charge on any atom is 0.179 e. The molecule has 1 aliphatic carbocycles. The van der Waals surface area contributed by atoms with Crippen molar-refractivity contribution >= 4 is 25.8 Å². The molecule has 20 heavy (non-hydrogen) atoms. The van der Waals surface area contributed by atoms with Gasteiger partial charge < -0.3 is 10.5 Å². The molecule has 0 bridgehead atoms. The summed E-state index contributed by atoms with van der Waals surface area (Å²) in [4.78, 5) is 0.194. The van der Waals surface area contributed by atoms with Crippen LogP contribution in [0.5, 0.6) is 5.75 Å². The quantitative estimate of drug-likeness (QED) is 0.898. The van der Waals surface area contributed by atoms with Crippen molar-refractivity contribution < 1.29 is 13.2 Å². The SMILES string of the molecule is COc1c(Br)cc(C2(N)CCCCC2)cc1S(C)(=O)=O. The Morgan fingerprint density at radius 1 is 1.25 bits per heavy atom. The number of halogens is 1. The van der Waals surface area contributed by atoms with E-state index >= 15 is 0 Å². The van der Waals surface area contributed by atoms with E-state index in [4.69, 9.17) is 10.5 Å². The van der Waals surface area contributed by atoms with Gasteiger partial charge in [0.05, 0.1) is 11.6 Å². The summed E-state index contributed by atoms with van der Waals surface area (Å²) in [6.45, 7) is 0. The molecule has 0 atom stereocenters. The Hall–Kier alpha value is -0.590. The van der Waals surface area contributed by atoms with E-state index < -0.39 is 15.4 Å². The Morgan fingerprint density at radius 3 is 2.35 bits per heavy atom. The maximum absolute atomic E-state index is 12.0. The summed E-state index contributed by atoms with van der Waals surface area (Å²) >= 11 is 3.40. The topological polar surface area (TPSA) is 69.4 Å². The molecule has 0 amide bonds. The van der Waals surface area contributed by atoms with E-state index in [0.29, 0.717) is 10.2 Å². The zero-order valence-electron chi connectivity index (χ0n) is 11.8. The van der Waals surface area contributed by atoms with Crippen LogP contribution < -0.4 is 10.5 Å². The number of hydrogen-bond acceptors (Lipinski definition) is 4. The molecule has 1 saturated carbocycles. The van der Waals surface area contributed by atoms with Crippen LogP contribution in [-0.4, -0.2) is 21.8 Å². The van der Waals surface area contributed by atoms with Crippen molar-refractivity contribution in [3.05, 3.63) is 22.2 Å². The second-order valence-electron chi connectivity index (χ2n) is 5.48. The normalized spacial score (nSPS) is 18.8. The summed E-state index contributed by atoms with van der Waals surface area (Å²) in [7, 11) is -1.90. The second-order valence-corrected chi connectivity index (χ2v) is 8.32. The van der Waals surface area contributed by atoms with E-state index in [1.165, 1.54) is 19.8 Å². The summed E-state index contributed by atoms with van der Waals surface area (Å²) in [6.07, 6.45) is 6.30. The number of nitrogens with two attached hydrogens (primary N) is 1. The highest BCUT2D eigenvalue weighted by molar-refractivity contribution is 9.10. The zero-order chi connectivity index (χ0) is 15.0. The molecular formula is C14H20BrNO3S. The minimum atomic E-state index is -3.37. The summed E-state index contributed by atoms with van der Waals surface area (Å²) in [5.41, 5.74) is 6.92. The number of methoxy groups -OCH3 is 1. The standard InChI is InChI=1S/C14H20BrNO3S/c1-19-13-11(15)8-10(9-12(13)20(2,17)18)14(16)6-4-3-5-7-14/h8-9H,3-7,16H2,1-2H3. The van der Waals surface area contributed by atoms with Gasteiger partial charge in [0.1, 0.15) is 4.90 Å². The van der Waals surface area contributed by atoms with Gasteiger partial charge >= 0.3 is 0 Å². The van der Waals surface area contributed by atoms with E-state index in [0.717, 1.165) is 31.2 Å². The molecular weight excluding hydrogens is 342 g/mol. The van der Waals surface area contributed by atoms with Crippen LogP contribution in [0.2, 0.25) is 0 Å². The highest BCUT2D eigenvalue weighted by Crippen LogP contribution is 2.41. The van der Waals surface area contributed by atoms with Gasteiger partial charge in [-0.2, -0.15) is 0 Å². The summed E-state index contributed by atoms with van der Waals surface area (Å²) in [5.74, 6) is 0.343. The average molecular weight is 362 g/mol. The van der Waals surface area contributed by atoms with Gasteiger partial charge in [-0.1, -0.05) is 19.3 Å². The molecule has 0 heterocycles. The van der Waals surface area contributed by atoms with E-state index in [1.54, 1.807) is 6.07 Å². The fraction of sp³-hybridized carbons (Fsp3) is 0.571. The molecule has 0 aliphatic heterocycles. The van der Waals surface area contributed by atoms with Crippen LogP contribution in [0, 0.1) is 0 Å². The molecule has 6 heteroatoms. The fourth-order valence-corrected chi connectivity index (χ4v) is 4.42.